The highest BCUT2D eigenvalue weighted by atomic mass is 28.4. The highest BCUT2D eigenvalue weighted by Gasteiger charge is 2.51. The largest absolute Gasteiger partial charge is 0.466 e. The van der Waals surface area contributed by atoms with Crippen LogP contribution in [0.3, 0.4) is 0 Å². The van der Waals surface area contributed by atoms with Crippen molar-refractivity contribution in [3.63, 3.8) is 0 Å². The van der Waals surface area contributed by atoms with Crippen molar-refractivity contribution in [1.82, 2.24) is 0 Å². The molecule has 4 heteroatoms. The molecule has 2 rings (SSSR count). The molecule has 0 N–H and O–H groups in total. The molecule has 1 saturated carbocycles. The van der Waals surface area contributed by atoms with Crippen molar-refractivity contribution in [3.8, 4) is 0 Å². The first kappa shape index (κ1) is 21.7. The molecule has 26 heavy (non-hydrogen) atoms. The van der Waals surface area contributed by atoms with Gasteiger partial charge in [0.1, 0.15) is 0 Å². The van der Waals surface area contributed by atoms with Gasteiger partial charge in [0.05, 0.1) is 18.6 Å². The Bertz CT molecular complexity index is 534. The minimum Gasteiger partial charge on any atom is -0.466 e. The third-order valence-electron chi connectivity index (χ3n) is 7.26. The summed E-state index contributed by atoms with van der Waals surface area (Å²) in [6.07, 6.45) is 5.93. The fraction of sp³-hybridized carbons (Fsp3) is 0.864. The van der Waals surface area contributed by atoms with E-state index in [-0.39, 0.29) is 28.9 Å². The summed E-state index contributed by atoms with van der Waals surface area (Å²) in [5.74, 6) is 1.83. The lowest BCUT2D eigenvalue weighted by Crippen LogP contribution is -2.54. The second-order valence-corrected chi connectivity index (χ2v) is 14.9. The Morgan fingerprint density at radius 1 is 1.15 bits per heavy atom. The fourth-order valence-electron chi connectivity index (χ4n) is 4.79. The van der Waals surface area contributed by atoms with Gasteiger partial charge in [-0.25, -0.2) is 0 Å². The van der Waals surface area contributed by atoms with Crippen LogP contribution < -0.4 is 0 Å². The first-order chi connectivity index (χ1) is 11.9. The van der Waals surface area contributed by atoms with Gasteiger partial charge in [0.2, 0.25) is 0 Å². The Kier molecular flexibility index (Phi) is 6.49. The molecular weight excluding hydrogens is 340 g/mol. The van der Waals surface area contributed by atoms with Crippen LogP contribution in [0.4, 0.5) is 0 Å². The summed E-state index contributed by atoms with van der Waals surface area (Å²) in [5.41, 5.74) is 0. The van der Waals surface area contributed by atoms with Gasteiger partial charge in [-0.1, -0.05) is 53.7 Å². The Morgan fingerprint density at radius 3 is 2.31 bits per heavy atom. The van der Waals surface area contributed by atoms with Crippen LogP contribution in [-0.4, -0.2) is 27.0 Å². The lowest BCUT2D eigenvalue weighted by Gasteiger charge is -2.52. The van der Waals surface area contributed by atoms with Crippen LogP contribution in [0.2, 0.25) is 18.1 Å². The zero-order valence-electron chi connectivity index (χ0n) is 18.3. The molecule has 7 atom stereocenters. The van der Waals surface area contributed by atoms with Gasteiger partial charge >= 0.3 is 5.97 Å². The van der Waals surface area contributed by atoms with E-state index in [0.717, 1.165) is 6.42 Å². The molecule has 0 aromatic heterocycles. The maximum Gasteiger partial charge on any atom is 0.309 e. The zero-order chi connectivity index (χ0) is 19.9. The summed E-state index contributed by atoms with van der Waals surface area (Å²) in [5, 5.41) is 0.198. The zero-order valence-corrected chi connectivity index (χ0v) is 19.3. The summed E-state index contributed by atoms with van der Waals surface area (Å²) >= 11 is 0. The minimum atomic E-state index is -1.85. The summed E-state index contributed by atoms with van der Waals surface area (Å²) in [6, 6.07) is 0. The van der Waals surface area contributed by atoms with Crippen molar-refractivity contribution >= 4 is 14.3 Å². The summed E-state index contributed by atoms with van der Waals surface area (Å²) in [4.78, 5) is 12.8. The van der Waals surface area contributed by atoms with E-state index >= 15 is 0 Å². The molecule has 0 amide bonds. The average Bonchev–Trinajstić information content (AvgIpc) is 2.51. The van der Waals surface area contributed by atoms with Crippen LogP contribution in [0.15, 0.2) is 12.2 Å². The van der Waals surface area contributed by atoms with Crippen LogP contribution >= 0.6 is 0 Å². The van der Waals surface area contributed by atoms with E-state index in [4.69, 9.17) is 9.16 Å². The summed E-state index contributed by atoms with van der Waals surface area (Å²) in [6.45, 7) is 20.7. The highest BCUT2D eigenvalue weighted by Crippen LogP contribution is 2.50. The molecule has 0 aromatic carbocycles. The van der Waals surface area contributed by atoms with E-state index in [0.29, 0.717) is 30.3 Å². The molecular formula is C22H40O3Si. The first-order valence-corrected chi connectivity index (χ1v) is 13.3. The van der Waals surface area contributed by atoms with Gasteiger partial charge in [-0.2, -0.15) is 0 Å². The molecule has 0 saturated heterocycles. The average molecular weight is 381 g/mol. The standard InChI is InChI=1S/C22H40O3Si/c1-10-24-21(23)18-14(2)11-12-17-13-15(3)20(16(4)19(17)18)25-26(8,9)22(5,6)7/h11-12,14-20H,10,13H2,1-9H3/t14-,15-,16+,17-,18+,19+,20+/m1/s1. The van der Waals surface area contributed by atoms with E-state index < -0.39 is 8.32 Å². The number of hydrogen-bond acceptors (Lipinski definition) is 3. The maximum atomic E-state index is 12.8. The molecule has 0 unspecified atom stereocenters. The van der Waals surface area contributed by atoms with Crippen molar-refractivity contribution in [2.45, 2.75) is 79.1 Å². The monoisotopic (exact) mass is 380 g/mol. The van der Waals surface area contributed by atoms with E-state index in [1.54, 1.807) is 0 Å². The number of esters is 1. The third-order valence-corrected chi connectivity index (χ3v) is 11.7. The lowest BCUT2D eigenvalue weighted by molar-refractivity contribution is -0.157. The van der Waals surface area contributed by atoms with Crippen molar-refractivity contribution in [1.29, 1.82) is 0 Å². The molecule has 0 spiro atoms. The smallest absolute Gasteiger partial charge is 0.309 e. The van der Waals surface area contributed by atoms with E-state index in [1.807, 2.05) is 6.92 Å². The normalized spacial score (nSPS) is 38.0. The molecule has 1 fully saturated rings. The molecule has 0 aromatic rings. The SMILES string of the molecule is CCOC(=O)[C@@H]1[C@H]2[C@H](C)[C@@H](O[Si](C)(C)C(C)(C)C)[C@H](C)C[C@H]2C=C[C@H]1C. The first-order valence-electron chi connectivity index (χ1n) is 10.4. The molecule has 150 valence electrons. The molecule has 0 heterocycles. The second-order valence-electron chi connectivity index (χ2n) is 10.2. The van der Waals surface area contributed by atoms with E-state index in [1.165, 1.54) is 0 Å². The van der Waals surface area contributed by atoms with Gasteiger partial charge < -0.3 is 9.16 Å². The van der Waals surface area contributed by atoms with Gasteiger partial charge in [-0.15, -0.1) is 0 Å². The number of allylic oxidation sites excluding steroid dienone is 2. The molecule has 0 aliphatic heterocycles. The van der Waals surface area contributed by atoms with Crippen LogP contribution in [0.5, 0.6) is 0 Å². The Balaban J connectivity index is 2.31. The quantitative estimate of drug-likeness (QED) is 0.358. The van der Waals surface area contributed by atoms with Crippen molar-refractivity contribution in [3.05, 3.63) is 12.2 Å². The fourth-order valence-corrected chi connectivity index (χ4v) is 6.27. The van der Waals surface area contributed by atoms with Gasteiger partial charge in [0.25, 0.3) is 0 Å². The van der Waals surface area contributed by atoms with Crippen LogP contribution in [0.1, 0.15) is 54.9 Å². The molecule has 0 bridgehead atoms. The van der Waals surface area contributed by atoms with Crippen LogP contribution in [0.25, 0.3) is 0 Å². The third kappa shape index (κ3) is 4.11. The van der Waals surface area contributed by atoms with Gasteiger partial charge in [-0.3, -0.25) is 4.79 Å². The molecule has 2 aliphatic rings. The number of fused-ring (bicyclic) bond motifs is 1. The van der Waals surface area contributed by atoms with Crippen molar-refractivity contribution in [2.24, 2.45) is 35.5 Å². The van der Waals surface area contributed by atoms with Crippen LogP contribution in [-0.2, 0) is 14.0 Å². The highest BCUT2D eigenvalue weighted by molar-refractivity contribution is 6.74. The van der Waals surface area contributed by atoms with E-state index in [2.05, 4.69) is 66.8 Å². The predicted octanol–water partition coefficient (Wildman–Crippen LogP) is 5.67. The number of carbonyl (C=O) groups is 1. The van der Waals surface area contributed by atoms with Crippen LogP contribution in [0, 0.1) is 35.5 Å². The van der Waals surface area contributed by atoms with Gasteiger partial charge in [0, 0.05) is 0 Å². The molecule has 0 radical (unpaired) electrons. The van der Waals surface area contributed by atoms with Gasteiger partial charge in [0.15, 0.2) is 8.32 Å². The maximum absolute atomic E-state index is 12.8. The van der Waals surface area contributed by atoms with Gasteiger partial charge in [-0.05, 0) is 61.1 Å². The van der Waals surface area contributed by atoms with Crippen molar-refractivity contribution < 1.29 is 14.0 Å². The number of rotatable bonds is 4. The minimum absolute atomic E-state index is 0.0215. The topological polar surface area (TPSA) is 35.5 Å². The summed E-state index contributed by atoms with van der Waals surface area (Å²) < 4.78 is 12.4. The van der Waals surface area contributed by atoms with Crippen molar-refractivity contribution in [2.75, 3.05) is 6.61 Å². The second kappa shape index (κ2) is 7.79. The Hall–Kier alpha value is -0.613. The number of ether oxygens (including phenoxy) is 1. The Labute approximate surface area is 162 Å². The van der Waals surface area contributed by atoms with E-state index in [9.17, 15) is 4.79 Å². The summed E-state index contributed by atoms with van der Waals surface area (Å²) in [7, 11) is -1.85. The number of carbonyl (C=O) groups excluding carboxylic acids is 1. The predicted molar refractivity (Wildman–Crippen MR) is 110 cm³/mol. The molecule has 2 aliphatic carbocycles. The molecule has 3 nitrogen and oxygen atoms in total. The number of hydrogen-bond donors (Lipinski definition) is 0. The Morgan fingerprint density at radius 2 is 1.77 bits per heavy atom. The lowest BCUT2D eigenvalue weighted by atomic mass is 9.58.